The maximum atomic E-state index is 11.9. The van der Waals surface area contributed by atoms with E-state index in [0.29, 0.717) is 0 Å². The maximum absolute atomic E-state index is 11.9. The van der Waals surface area contributed by atoms with Crippen LogP contribution in [0.5, 0.6) is 0 Å². The minimum atomic E-state index is -3.74. The third-order valence-corrected chi connectivity index (χ3v) is 4.36. The second kappa shape index (κ2) is 6.50. The first-order valence-electron chi connectivity index (χ1n) is 6.38. The van der Waals surface area contributed by atoms with E-state index in [1.807, 2.05) is 20.8 Å². The van der Waals surface area contributed by atoms with E-state index in [-0.39, 0.29) is 23.3 Å². The fourth-order valence-corrected chi connectivity index (χ4v) is 2.72. The Morgan fingerprint density at radius 3 is 2.16 bits per heavy atom. The number of hydrogen-bond donors (Lipinski definition) is 1. The monoisotopic (exact) mass is 286 g/mol. The summed E-state index contributed by atoms with van der Waals surface area (Å²) in [6.45, 7) is 7.41. The number of aliphatic hydroxyl groups excluding tert-OH is 1. The van der Waals surface area contributed by atoms with Crippen molar-refractivity contribution >= 4 is 10.1 Å². The van der Waals surface area contributed by atoms with Crippen molar-refractivity contribution in [3.05, 3.63) is 29.8 Å². The fraction of sp³-hybridized carbons (Fsp3) is 0.571. The molecular formula is C14H22O4S. The largest absolute Gasteiger partial charge is 0.392 e. The van der Waals surface area contributed by atoms with Crippen LogP contribution in [-0.2, 0) is 14.3 Å². The Morgan fingerprint density at radius 1 is 1.16 bits per heavy atom. The summed E-state index contributed by atoms with van der Waals surface area (Å²) in [5, 5.41) is 9.82. The van der Waals surface area contributed by atoms with Gasteiger partial charge in [0, 0.05) is 5.92 Å². The molecule has 0 aliphatic carbocycles. The molecule has 1 aromatic rings. The summed E-state index contributed by atoms with van der Waals surface area (Å²) in [5.74, 6) is -0.166. The van der Waals surface area contributed by atoms with Crippen LogP contribution in [0.15, 0.2) is 29.2 Å². The third kappa shape index (κ3) is 4.60. The van der Waals surface area contributed by atoms with E-state index in [2.05, 4.69) is 0 Å². The van der Waals surface area contributed by atoms with Gasteiger partial charge >= 0.3 is 0 Å². The lowest BCUT2D eigenvalue weighted by molar-refractivity contribution is 0.0498. The predicted molar refractivity (Wildman–Crippen MR) is 74.3 cm³/mol. The minimum absolute atomic E-state index is 0.0183. The summed E-state index contributed by atoms with van der Waals surface area (Å²) in [4.78, 5) is 0.143. The Balaban J connectivity index is 2.68. The molecule has 2 atom stereocenters. The van der Waals surface area contributed by atoms with Crippen LogP contribution in [0.3, 0.4) is 0 Å². The normalized spacial score (nSPS) is 15.5. The Morgan fingerprint density at radius 2 is 1.68 bits per heavy atom. The molecule has 0 heterocycles. The molecule has 0 saturated heterocycles. The molecule has 5 heteroatoms. The molecule has 0 spiro atoms. The molecule has 0 saturated carbocycles. The summed E-state index contributed by atoms with van der Waals surface area (Å²) < 4.78 is 28.9. The van der Waals surface area contributed by atoms with Gasteiger partial charge in [-0.3, -0.25) is 4.18 Å². The molecule has 1 rings (SSSR count). The Bertz CT molecular complexity index is 491. The lowest BCUT2D eigenvalue weighted by Crippen LogP contribution is -2.28. The van der Waals surface area contributed by atoms with Gasteiger partial charge in [0.15, 0.2) is 0 Å². The lowest BCUT2D eigenvalue weighted by atomic mass is 9.96. The molecule has 108 valence electrons. The molecule has 1 aromatic carbocycles. The molecule has 0 radical (unpaired) electrons. The van der Waals surface area contributed by atoms with Gasteiger partial charge in [0.1, 0.15) is 0 Å². The first-order valence-corrected chi connectivity index (χ1v) is 7.79. The highest BCUT2D eigenvalue weighted by Gasteiger charge is 2.22. The molecular weight excluding hydrogens is 264 g/mol. The van der Waals surface area contributed by atoms with Gasteiger partial charge in [-0.2, -0.15) is 8.42 Å². The van der Waals surface area contributed by atoms with Crippen LogP contribution in [0.2, 0.25) is 0 Å². The van der Waals surface area contributed by atoms with Crippen LogP contribution >= 0.6 is 0 Å². The minimum Gasteiger partial charge on any atom is -0.392 e. The molecule has 1 N–H and O–H groups in total. The molecule has 0 fully saturated rings. The van der Waals surface area contributed by atoms with Gasteiger partial charge in [-0.15, -0.1) is 0 Å². The van der Waals surface area contributed by atoms with Gasteiger partial charge in [-0.25, -0.2) is 0 Å². The van der Waals surface area contributed by atoms with Crippen molar-refractivity contribution in [2.24, 2.45) is 11.8 Å². The zero-order chi connectivity index (χ0) is 14.6. The highest BCUT2D eigenvalue weighted by molar-refractivity contribution is 7.86. The van der Waals surface area contributed by atoms with Gasteiger partial charge in [-0.1, -0.05) is 38.5 Å². The number of aliphatic hydroxyl groups is 1. The van der Waals surface area contributed by atoms with Gasteiger partial charge in [0.05, 0.1) is 17.6 Å². The van der Waals surface area contributed by atoms with Crippen molar-refractivity contribution in [3.63, 3.8) is 0 Å². The van der Waals surface area contributed by atoms with Crippen LogP contribution in [0.1, 0.15) is 26.3 Å². The van der Waals surface area contributed by atoms with Gasteiger partial charge in [-0.05, 0) is 25.0 Å². The summed E-state index contributed by atoms with van der Waals surface area (Å²) in [7, 11) is -3.74. The molecule has 0 aliphatic rings. The SMILES string of the molecule is Cc1ccc(S(=O)(=O)OC[C@@H](C)[C@@H](O)C(C)C)cc1. The Hall–Kier alpha value is -0.910. The van der Waals surface area contributed by atoms with Crippen molar-refractivity contribution in [1.29, 1.82) is 0 Å². The molecule has 0 amide bonds. The Labute approximate surface area is 115 Å². The average Bonchev–Trinajstić information content (AvgIpc) is 2.35. The van der Waals surface area contributed by atoms with E-state index in [0.717, 1.165) is 5.56 Å². The average molecular weight is 286 g/mol. The Kier molecular flexibility index (Phi) is 5.52. The topological polar surface area (TPSA) is 63.6 Å². The maximum Gasteiger partial charge on any atom is 0.296 e. The van der Waals surface area contributed by atoms with Crippen LogP contribution in [0.25, 0.3) is 0 Å². The van der Waals surface area contributed by atoms with Crippen molar-refractivity contribution in [3.8, 4) is 0 Å². The summed E-state index contributed by atoms with van der Waals surface area (Å²) in [6, 6.07) is 6.49. The second-order valence-corrected chi connectivity index (χ2v) is 6.88. The number of aryl methyl sites for hydroxylation is 1. The van der Waals surface area contributed by atoms with Crippen molar-refractivity contribution in [1.82, 2.24) is 0 Å². The molecule has 19 heavy (non-hydrogen) atoms. The molecule has 0 unspecified atom stereocenters. The van der Waals surface area contributed by atoms with Crippen molar-refractivity contribution in [2.75, 3.05) is 6.61 Å². The highest BCUT2D eigenvalue weighted by atomic mass is 32.2. The van der Waals surface area contributed by atoms with E-state index in [1.54, 1.807) is 19.1 Å². The summed E-state index contributed by atoms with van der Waals surface area (Å²) in [5.41, 5.74) is 0.988. The highest BCUT2D eigenvalue weighted by Crippen LogP contribution is 2.17. The predicted octanol–water partition coefficient (Wildman–Crippen LogP) is 2.35. The van der Waals surface area contributed by atoms with Crippen LogP contribution < -0.4 is 0 Å². The van der Waals surface area contributed by atoms with Crippen LogP contribution in [-0.4, -0.2) is 26.2 Å². The standard InChI is InChI=1S/C14H22O4S/c1-10(2)14(15)12(4)9-18-19(16,17)13-7-5-11(3)6-8-13/h5-8,10,12,14-15H,9H2,1-4H3/t12-,14+/m1/s1. The fourth-order valence-electron chi connectivity index (χ4n) is 1.73. The molecule has 0 bridgehead atoms. The van der Waals surface area contributed by atoms with Crippen molar-refractivity contribution < 1.29 is 17.7 Å². The van der Waals surface area contributed by atoms with E-state index in [9.17, 15) is 13.5 Å². The van der Waals surface area contributed by atoms with Crippen molar-refractivity contribution in [2.45, 2.75) is 38.7 Å². The second-order valence-electron chi connectivity index (χ2n) is 5.26. The quantitative estimate of drug-likeness (QED) is 0.815. The van der Waals surface area contributed by atoms with E-state index < -0.39 is 16.2 Å². The number of hydrogen-bond acceptors (Lipinski definition) is 4. The summed E-state index contributed by atoms with van der Waals surface area (Å²) in [6.07, 6.45) is -0.576. The third-order valence-electron chi connectivity index (χ3n) is 3.06. The van der Waals surface area contributed by atoms with E-state index in [1.165, 1.54) is 12.1 Å². The molecule has 0 aliphatic heterocycles. The van der Waals surface area contributed by atoms with E-state index in [4.69, 9.17) is 4.18 Å². The van der Waals surface area contributed by atoms with Gasteiger partial charge in [0.2, 0.25) is 0 Å². The van der Waals surface area contributed by atoms with Gasteiger partial charge < -0.3 is 5.11 Å². The van der Waals surface area contributed by atoms with Gasteiger partial charge in [0.25, 0.3) is 10.1 Å². The molecule has 0 aromatic heterocycles. The van der Waals surface area contributed by atoms with Crippen LogP contribution in [0.4, 0.5) is 0 Å². The first kappa shape index (κ1) is 16.1. The number of benzene rings is 1. The van der Waals surface area contributed by atoms with E-state index >= 15 is 0 Å². The van der Waals surface area contributed by atoms with Crippen LogP contribution in [0, 0.1) is 18.8 Å². The smallest absolute Gasteiger partial charge is 0.296 e. The first-order chi connectivity index (χ1) is 8.74. The lowest BCUT2D eigenvalue weighted by Gasteiger charge is -2.21. The summed E-state index contributed by atoms with van der Waals surface area (Å²) >= 11 is 0. The zero-order valence-corrected chi connectivity index (χ0v) is 12.6. The number of rotatable bonds is 6. The zero-order valence-electron chi connectivity index (χ0n) is 11.8. The molecule has 4 nitrogen and oxygen atoms in total.